The smallest absolute Gasteiger partial charge is 0.339 e. The van der Waals surface area contributed by atoms with Crippen LogP contribution in [0.15, 0.2) is 84.9 Å². The monoisotopic (exact) mass is 637 g/mol. The zero-order chi connectivity index (χ0) is 24.1. The average molecular weight is 640 g/mol. The lowest BCUT2D eigenvalue weighted by Crippen LogP contribution is -2.42. The minimum absolute atomic E-state index is 0.00460. The van der Waals surface area contributed by atoms with Crippen LogP contribution in [0.5, 0.6) is 0 Å². The molecule has 0 saturated carbocycles. The van der Waals surface area contributed by atoms with Crippen LogP contribution >= 0.6 is 47.8 Å². The van der Waals surface area contributed by atoms with Gasteiger partial charge in [-0.25, -0.2) is 4.79 Å². The number of rotatable bonds is 9. The van der Waals surface area contributed by atoms with Gasteiger partial charge in [0, 0.05) is 29.4 Å². The molecule has 0 fully saturated rings. The van der Waals surface area contributed by atoms with Crippen molar-refractivity contribution in [1.29, 1.82) is 0 Å². The second-order valence-electron chi connectivity index (χ2n) is 7.26. The summed E-state index contributed by atoms with van der Waals surface area (Å²) in [6.07, 6.45) is -0.00460. The molecule has 0 aliphatic rings. The van der Waals surface area contributed by atoms with Crippen molar-refractivity contribution in [1.82, 2.24) is 0 Å². The molecule has 0 radical (unpaired) electrons. The highest BCUT2D eigenvalue weighted by atomic mass is 79.9. The molecule has 3 aromatic rings. The van der Waals surface area contributed by atoms with Crippen molar-refractivity contribution in [3.05, 3.63) is 112 Å². The van der Waals surface area contributed by atoms with Crippen molar-refractivity contribution in [2.75, 3.05) is 5.33 Å². The molecule has 3 rings (SSSR count). The highest BCUT2D eigenvalue weighted by Crippen LogP contribution is 2.45. The molecule has 0 amide bonds. The maximum absolute atomic E-state index is 13.3. The third-order valence-electron chi connectivity index (χ3n) is 4.99. The number of alkyl halides is 3. The number of Topliss-reactive ketones (excluding diaryl/α,β-unsaturated/α-hetero) is 1. The van der Waals surface area contributed by atoms with Gasteiger partial charge >= 0.3 is 5.97 Å². The van der Waals surface area contributed by atoms with E-state index >= 15 is 0 Å². The van der Waals surface area contributed by atoms with Gasteiger partial charge in [-0.2, -0.15) is 0 Å². The Balaban J connectivity index is 2.03. The van der Waals surface area contributed by atoms with E-state index in [1.165, 1.54) is 24.3 Å². The molecule has 33 heavy (non-hydrogen) atoms. The Kier molecular flexibility index (Phi) is 8.20. The Morgan fingerprint density at radius 1 is 0.848 bits per heavy atom. The second kappa shape index (κ2) is 10.7. The average Bonchev–Trinajstić information content (AvgIpc) is 2.84. The summed E-state index contributed by atoms with van der Waals surface area (Å²) in [6.45, 7) is 0. The van der Waals surface area contributed by atoms with Crippen LogP contribution in [-0.4, -0.2) is 25.2 Å². The quantitative estimate of drug-likeness (QED) is 0.0845. The van der Waals surface area contributed by atoms with Gasteiger partial charge in [0.25, 0.3) is 5.69 Å². The first-order valence-corrected chi connectivity index (χ1v) is 12.5. The third-order valence-corrected chi connectivity index (χ3v) is 7.18. The summed E-state index contributed by atoms with van der Waals surface area (Å²) in [7, 11) is 0. The van der Waals surface area contributed by atoms with E-state index in [-0.39, 0.29) is 23.2 Å². The molecule has 0 aliphatic heterocycles. The Morgan fingerprint density at radius 3 is 1.85 bits per heavy atom. The molecule has 1 atom stereocenters. The highest BCUT2D eigenvalue weighted by molar-refractivity contribution is 9.26. The SMILES string of the molecule is O=C(OC(CBr)(CC(Br)(Br)C(=O)c1ccccc1)c1ccc([N+](=O)[O-])cc1)c1ccccc1. The molecule has 1 unspecified atom stereocenters. The largest absolute Gasteiger partial charge is 0.450 e. The van der Waals surface area contributed by atoms with Gasteiger partial charge in [0.2, 0.25) is 0 Å². The normalized spacial score (nSPS) is 13.1. The highest BCUT2D eigenvalue weighted by Gasteiger charge is 2.46. The van der Waals surface area contributed by atoms with Gasteiger partial charge < -0.3 is 4.74 Å². The lowest BCUT2D eigenvalue weighted by atomic mass is 9.88. The molecule has 0 bridgehead atoms. The molecule has 0 N–H and O–H groups in total. The zero-order valence-corrected chi connectivity index (χ0v) is 21.9. The van der Waals surface area contributed by atoms with Crippen LogP contribution in [0, 0.1) is 10.1 Å². The summed E-state index contributed by atoms with van der Waals surface area (Å²) in [6, 6.07) is 22.9. The fourth-order valence-corrected chi connectivity index (χ4v) is 5.29. The number of ether oxygens (including phenoxy) is 1. The summed E-state index contributed by atoms with van der Waals surface area (Å²) in [5.74, 6) is -0.845. The van der Waals surface area contributed by atoms with Gasteiger partial charge in [0.1, 0.15) is 8.83 Å². The van der Waals surface area contributed by atoms with E-state index in [4.69, 9.17) is 4.74 Å². The standard InChI is InChI=1S/C24H18Br3NO5/c25-16-23(19-11-13-20(14-12-19)28(31)32,33-22(30)18-9-5-2-6-10-18)15-24(26,27)21(29)17-7-3-1-4-8-17/h1-14H,15-16H2. The van der Waals surface area contributed by atoms with Gasteiger partial charge in [-0.05, 0) is 29.8 Å². The molecule has 170 valence electrons. The molecular formula is C24H18Br3NO5. The van der Waals surface area contributed by atoms with Crippen LogP contribution in [0.2, 0.25) is 0 Å². The van der Waals surface area contributed by atoms with E-state index in [9.17, 15) is 19.7 Å². The molecule has 0 spiro atoms. The summed E-state index contributed by atoms with van der Waals surface area (Å²) in [4.78, 5) is 36.9. The van der Waals surface area contributed by atoms with Gasteiger partial charge in [0.05, 0.1) is 10.5 Å². The van der Waals surface area contributed by atoms with Crippen LogP contribution in [0.3, 0.4) is 0 Å². The molecule has 6 nitrogen and oxygen atoms in total. The number of halogens is 3. The molecule has 0 heterocycles. The van der Waals surface area contributed by atoms with Crippen molar-refractivity contribution in [2.24, 2.45) is 0 Å². The third kappa shape index (κ3) is 5.96. The van der Waals surface area contributed by atoms with Gasteiger partial charge in [-0.15, -0.1) is 0 Å². The summed E-state index contributed by atoms with van der Waals surface area (Å²) >= 11 is 10.4. The predicted molar refractivity (Wildman–Crippen MR) is 136 cm³/mol. The number of carbonyl (C=O) groups excluding carboxylic acids is 2. The zero-order valence-electron chi connectivity index (χ0n) is 17.1. The second-order valence-corrected chi connectivity index (χ2v) is 11.6. The van der Waals surface area contributed by atoms with E-state index in [2.05, 4.69) is 47.8 Å². The van der Waals surface area contributed by atoms with Crippen LogP contribution in [0.4, 0.5) is 5.69 Å². The fourth-order valence-electron chi connectivity index (χ4n) is 3.29. The summed E-state index contributed by atoms with van der Waals surface area (Å²) in [5, 5.41) is 11.3. The molecule has 0 aliphatic carbocycles. The maximum atomic E-state index is 13.3. The minimum Gasteiger partial charge on any atom is -0.450 e. The van der Waals surface area contributed by atoms with Gasteiger partial charge in [-0.1, -0.05) is 96.3 Å². The molecule has 3 aromatic carbocycles. The predicted octanol–water partition coefficient (Wildman–Crippen LogP) is 6.80. The number of ketones is 1. The number of non-ortho nitro benzene ring substituents is 1. The van der Waals surface area contributed by atoms with E-state index in [1.807, 2.05) is 6.07 Å². The number of benzene rings is 3. The summed E-state index contributed by atoms with van der Waals surface area (Å²) in [5.41, 5.74) is -0.125. The van der Waals surface area contributed by atoms with Crippen LogP contribution in [-0.2, 0) is 10.3 Å². The number of nitrogens with zero attached hydrogens (tertiary/aromatic N) is 1. The van der Waals surface area contributed by atoms with E-state index in [0.717, 1.165) is 0 Å². The lowest BCUT2D eigenvalue weighted by molar-refractivity contribution is -0.384. The number of nitro groups is 1. The number of hydrogen-bond donors (Lipinski definition) is 0. The first-order valence-electron chi connectivity index (χ1n) is 9.75. The van der Waals surface area contributed by atoms with Crippen molar-refractivity contribution < 1.29 is 19.2 Å². The van der Waals surface area contributed by atoms with Crippen molar-refractivity contribution in [3.63, 3.8) is 0 Å². The first kappa shape index (κ1) is 25.3. The number of carbonyl (C=O) groups is 2. The minimum atomic E-state index is -1.33. The van der Waals surface area contributed by atoms with E-state index in [0.29, 0.717) is 16.7 Å². The van der Waals surface area contributed by atoms with Gasteiger partial charge in [-0.3, -0.25) is 14.9 Å². The van der Waals surface area contributed by atoms with E-state index in [1.54, 1.807) is 54.6 Å². The Labute approximate surface area is 215 Å². The molecule has 0 aromatic heterocycles. The molecular weight excluding hydrogens is 622 g/mol. The number of hydrogen-bond acceptors (Lipinski definition) is 5. The lowest BCUT2D eigenvalue weighted by Gasteiger charge is -2.36. The summed E-state index contributed by atoms with van der Waals surface area (Å²) < 4.78 is 4.73. The maximum Gasteiger partial charge on any atom is 0.339 e. The van der Waals surface area contributed by atoms with Crippen molar-refractivity contribution in [2.45, 2.75) is 15.3 Å². The van der Waals surface area contributed by atoms with E-state index < -0.39 is 19.7 Å². The van der Waals surface area contributed by atoms with Crippen LogP contribution in [0.25, 0.3) is 0 Å². The van der Waals surface area contributed by atoms with Gasteiger partial charge in [0.15, 0.2) is 5.78 Å². The Morgan fingerprint density at radius 2 is 1.36 bits per heavy atom. The van der Waals surface area contributed by atoms with Crippen LogP contribution < -0.4 is 0 Å². The molecule has 0 saturated heterocycles. The number of nitro benzene ring substituents is 1. The molecule has 9 heteroatoms. The van der Waals surface area contributed by atoms with Crippen molar-refractivity contribution >= 4 is 65.2 Å². The Hall–Kier alpha value is -2.36. The topological polar surface area (TPSA) is 86.5 Å². The fraction of sp³-hybridized carbons (Fsp3) is 0.167. The number of esters is 1. The van der Waals surface area contributed by atoms with Crippen molar-refractivity contribution in [3.8, 4) is 0 Å². The Bertz CT molecular complexity index is 1140. The first-order chi connectivity index (χ1) is 15.7. The van der Waals surface area contributed by atoms with Crippen LogP contribution in [0.1, 0.15) is 32.7 Å².